The quantitative estimate of drug-likeness (QED) is 0.0160. The Morgan fingerprint density at radius 3 is 1.89 bits per heavy atom. The Balaban J connectivity index is 1.21. The number of nitrogens with zero attached hydrogens (tertiary/aromatic N) is 4. The van der Waals surface area contributed by atoms with Gasteiger partial charge in [-0.1, -0.05) is 105 Å². The van der Waals surface area contributed by atoms with Crippen molar-refractivity contribution in [3.63, 3.8) is 0 Å². The molecular formula is C68H76B2N5O6SSi+. The molecule has 0 saturated carbocycles. The molecule has 7 aromatic rings. The third-order valence-corrected chi connectivity index (χ3v) is 20.6. The first-order valence-corrected chi connectivity index (χ1v) is 32.4. The van der Waals surface area contributed by atoms with E-state index in [2.05, 4.69) is 169 Å². The molecule has 0 bridgehead atoms. The van der Waals surface area contributed by atoms with Gasteiger partial charge in [0.15, 0.2) is 11.5 Å². The molecule has 1 aliphatic carbocycles. The third kappa shape index (κ3) is 13.7. The van der Waals surface area contributed by atoms with Gasteiger partial charge in [-0.05, 0) is 158 Å². The molecule has 11 nitrogen and oxygen atoms in total. The summed E-state index contributed by atoms with van der Waals surface area (Å²) in [4.78, 5) is 33.7. The maximum absolute atomic E-state index is 12.8. The first-order chi connectivity index (χ1) is 40.0. The van der Waals surface area contributed by atoms with Gasteiger partial charge in [-0.15, -0.1) is 11.3 Å². The van der Waals surface area contributed by atoms with Gasteiger partial charge in [0.2, 0.25) is 5.91 Å². The standard InChI is InChI=1S/C68H75B2N5O6SSi/c1-45(2)61(76)24-17-18-34-74(40-48-20-11-15-25-62(48)80-69-78)43-60-54-23-14-13-22-53(54)59(42-75(35-19-33-71-68(77)46(3)4)41-49-21-12-16-26-63(49)81-70-79)55-30-27-47(36-58(55)60)50-37-64(82-44-50)67-56-31-28-51(72(5)6)38-65(56)83(9,10)66-39-52(73(7)8)29-32-57(66)67/h11-16,20-23,25-32,36-39,44,78-79H,1,3,17-19,24,33-35,40-43H2,2,4-10H3/p+1. The van der Waals surface area contributed by atoms with E-state index in [-0.39, 0.29) is 11.7 Å². The SMILES string of the molecule is C=C(C)C(=O)CCCCN(Cc1ccccc1O[B]O)Cc1c2ccccc2c(CN(CCCNC(=O)C(=C)C)Cc2ccccc2O[B]O)c2ccc(-c3csc(C4=C5C=CC(=[N+](C)C)C=C5[Si](C)(C)c5cc(N(C)C)ccc54)c3)cc12. The second-order valence-corrected chi connectivity index (χ2v) is 28.1. The number of thiophene rings is 1. The van der Waals surface area contributed by atoms with Gasteiger partial charge in [-0.3, -0.25) is 19.4 Å². The summed E-state index contributed by atoms with van der Waals surface area (Å²) >= 11 is 1.79. The van der Waals surface area contributed by atoms with Gasteiger partial charge >= 0.3 is 15.4 Å². The van der Waals surface area contributed by atoms with Crippen LogP contribution in [0.4, 0.5) is 5.69 Å². The van der Waals surface area contributed by atoms with Crippen LogP contribution in [0.15, 0.2) is 174 Å². The molecule has 2 heterocycles. The van der Waals surface area contributed by atoms with Crippen molar-refractivity contribution in [1.82, 2.24) is 15.1 Å². The number of nitrogens with one attached hydrogen (secondary N) is 1. The Kier molecular flexibility index (Phi) is 19.5. The molecule has 1 aromatic heterocycles. The van der Waals surface area contributed by atoms with E-state index in [0.29, 0.717) is 87.7 Å². The highest BCUT2D eigenvalue weighted by Crippen LogP contribution is 2.45. The largest absolute Gasteiger partial charge is 0.569 e. The number of hydrogen-bond acceptors (Lipinski definition) is 10. The van der Waals surface area contributed by atoms with Gasteiger partial charge in [0, 0.05) is 105 Å². The summed E-state index contributed by atoms with van der Waals surface area (Å²) in [6, 6.07) is 40.7. The number of carbonyl (C=O) groups is 2. The number of amides is 1. The van der Waals surface area contributed by atoms with Crippen molar-refractivity contribution in [2.45, 2.75) is 78.8 Å². The summed E-state index contributed by atoms with van der Waals surface area (Å²) in [6.07, 6.45) is 9.65. The molecule has 0 fully saturated rings. The number of unbranched alkanes of at least 4 members (excludes halogenated alkanes) is 1. The van der Waals surface area contributed by atoms with Crippen LogP contribution in [0, 0.1) is 0 Å². The van der Waals surface area contributed by atoms with Crippen molar-refractivity contribution in [3.05, 3.63) is 207 Å². The zero-order valence-corrected chi connectivity index (χ0v) is 51.2. The molecular weight excluding hydrogens is 1060 g/mol. The molecule has 0 atom stereocenters. The summed E-state index contributed by atoms with van der Waals surface area (Å²) in [7, 11) is 7.77. The zero-order valence-electron chi connectivity index (χ0n) is 49.4. The number of benzene rings is 6. The fourth-order valence-electron chi connectivity index (χ4n) is 11.6. The minimum atomic E-state index is -2.16. The summed E-state index contributed by atoms with van der Waals surface area (Å²) in [5.41, 5.74) is 13.8. The van der Waals surface area contributed by atoms with Crippen LogP contribution in [0.5, 0.6) is 11.5 Å². The number of ketones is 1. The number of anilines is 1. The molecule has 0 saturated heterocycles. The first kappa shape index (κ1) is 60.2. The Morgan fingerprint density at radius 1 is 0.687 bits per heavy atom. The van der Waals surface area contributed by atoms with Crippen LogP contribution in [-0.4, -0.2) is 113 Å². The lowest BCUT2D eigenvalue weighted by Gasteiger charge is -2.37. The summed E-state index contributed by atoms with van der Waals surface area (Å²) in [5.74, 6) is 1.05. The van der Waals surface area contributed by atoms with Gasteiger partial charge in [0.25, 0.3) is 0 Å². The summed E-state index contributed by atoms with van der Waals surface area (Å²) < 4.78 is 13.5. The number of fused-ring (bicyclic) bond motifs is 4. The van der Waals surface area contributed by atoms with E-state index < -0.39 is 8.07 Å². The van der Waals surface area contributed by atoms with Crippen molar-refractivity contribution < 1.29 is 33.5 Å². The van der Waals surface area contributed by atoms with Crippen LogP contribution >= 0.6 is 11.3 Å². The summed E-state index contributed by atoms with van der Waals surface area (Å²) in [6.45, 7) is 20.2. The molecule has 9 rings (SSSR count). The fourth-order valence-corrected chi connectivity index (χ4v) is 15.7. The number of hydrogen-bond donors (Lipinski definition) is 3. The van der Waals surface area contributed by atoms with Crippen LogP contribution in [0.25, 0.3) is 38.2 Å². The Bertz CT molecular complexity index is 3750. The molecule has 83 heavy (non-hydrogen) atoms. The molecule has 424 valence electrons. The van der Waals surface area contributed by atoms with Crippen molar-refractivity contribution in [2.75, 3.05) is 52.7 Å². The van der Waals surface area contributed by atoms with Crippen molar-refractivity contribution in [3.8, 4) is 22.6 Å². The smallest absolute Gasteiger partial charge is 0.537 e. The normalized spacial score (nSPS) is 13.4. The van der Waals surface area contributed by atoms with Crippen LogP contribution < -0.4 is 24.7 Å². The second kappa shape index (κ2) is 26.9. The molecule has 2 aliphatic rings. The van der Waals surface area contributed by atoms with E-state index in [9.17, 15) is 19.6 Å². The lowest BCUT2D eigenvalue weighted by molar-refractivity contribution is -0.462. The maximum atomic E-state index is 12.8. The molecule has 15 heteroatoms. The van der Waals surface area contributed by atoms with Crippen molar-refractivity contribution >= 4 is 90.2 Å². The molecule has 0 unspecified atom stereocenters. The average Bonchev–Trinajstić information content (AvgIpc) is 2.71. The predicted octanol–water partition coefficient (Wildman–Crippen LogP) is 11.5. The molecule has 3 N–H and O–H groups in total. The topological polar surface area (TPSA) is 118 Å². The summed E-state index contributed by atoms with van der Waals surface area (Å²) in [5, 5.41) is 32.4. The average molecular weight is 1140 g/mol. The number of allylic oxidation sites excluding steroid dienone is 6. The Morgan fingerprint density at radius 2 is 1.29 bits per heavy atom. The minimum Gasteiger partial charge on any atom is -0.537 e. The van der Waals surface area contributed by atoms with Crippen LogP contribution in [0.2, 0.25) is 13.1 Å². The van der Waals surface area contributed by atoms with Gasteiger partial charge in [-0.2, -0.15) is 0 Å². The van der Waals surface area contributed by atoms with Crippen LogP contribution in [-0.2, 0) is 35.8 Å². The highest BCUT2D eigenvalue weighted by atomic mass is 32.1. The van der Waals surface area contributed by atoms with E-state index in [0.717, 1.165) is 65.6 Å². The molecule has 2 radical (unpaired) electrons. The first-order valence-electron chi connectivity index (χ1n) is 28.5. The van der Waals surface area contributed by atoms with Crippen LogP contribution in [0.1, 0.15) is 72.2 Å². The number of para-hydroxylation sites is 2. The second-order valence-electron chi connectivity index (χ2n) is 22.8. The molecule has 1 aliphatic heterocycles. The number of Topliss-reactive ketones (excluding diaryl/α,β-unsaturated/α-hetero) is 1. The molecule has 0 spiro atoms. The molecule has 6 aromatic carbocycles. The third-order valence-electron chi connectivity index (χ3n) is 16.1. The predicted molar refractivity (Wildman–Crippen MR) is 347 cm³/mol. The zero-order chi connectivity index (χ0) is 59.0. The minimum absolute atomic E-state index is 0.0804. The van der Waals surface area contributed by atoms with E-state index in [4.69, 9.17) is 9.31 Å². The lowest BCUT2D eigenvalue weighted by atomic mass is 9.89. The lowest BCUT2D eigenvalue weighted by Crippen LogP contribution is -2.49. The van der Waals surface area contributed by atoms with Gasteiger partial charge < -0.3 is 29.6 Å². The van der Waals surface area contributed by atoms with Gasteiger partial charge in [-0.25, -0.2) is 4.58 Å². The fraction of sp³-hybridized carbons (Fsp3) is 0.279. The van der Waals surface area contributed by atoms with Crippen LogP contribution in [0.3, 0.4) is 0 Å². The number of rotatable bonds is 26. The van der Waals surface area contributed by atoms with Gasteiger partial charge in [0.1, 0.15) is 33.7 Å². The van der Waals surface area contributed by atoms with Gasteiger partial charge in [0.05, 0.1) is 0 Å². The van der Waals surface area contributed by atoms with Crippen molar-refractivity contribution in [1.29, 1.82) is 0 Å². The highest BCUT2D eigenvalue weighted by Gasteiger charge is 2.41. The van der Waals surface area contributed by atoms with E-state index in [1.807, 2.05) is 48.5 Å². The Hall–Kier alpha value is -7.36. The maximum Gasteiger partial charge on any atom is 0.569 e. The van der Waals surface area contributed by atoms with E-state index >= 15 is 0 Å². The molecule has 1 amide bonds. The number of carbonyl (C=O) groups excluding carboxylic acids is 2. The monoisotopic (exact) mass is 1140 g/mol. The highest BCUT2D eigenvalue weighted by molar-refractivity contribution is 7.12. The Labute approximate surface area is 496 Å². The van der Waals surface area contributed by atoms with E-state index in [1.165, 1.54) is 54.5 Å². The van der Waals surface area contributed by atoms with Crippen molar-refractivity contribution in [2.24, 2.45) is 0 Å². The van der Waals surface area contributed by atoms with E-state index in [1.54, 1.807) is 25.2 Å².